The molecule has 0 spiro atoms. The molecule has 5 heteroatoms. The first-order valence-corrected chi connectivity index (χ1v) is 4.94. The van der Waals surface area contributed by atoms with Crippen molar-refractivity contribution in [2.24, 2.45) is 22.4 Å². The lowest BCUT2D eigenvalue weighted by atomic mass is 10.1. The van der Waals surface area contributed by atoms with Crippen LogP contribution in [0.25, 0.3) is 0 Å². The summed E-state index contributed by atoms with van der Waals surface area (Å²) in [6.07, 6.45) is 1.10. The zero-order valence-electron chi connectivity index (χ0n) is 9.25. The standard InChI is InChI=1S/C9H21N5/c1-4-7(3)6-14(5-2)9(12)13-8(10)11/h7H,4-6H2,1-3H3,(H5,10,11,12,13). The molecule has 14 heavy (non-hydrogen) atoms. The smallest absolute Gasteiger partial charge is 0.215 e. The third-order valence-electron chi connectivity index (χ3n) is 2.17. The van der Waals surface area contributed by atoms with Gasteiger partial charge in [-0.05, 0) is 12.8 Å². The molecule has 0 saturated heterocycles. The average molecular weight is 199 g/mol. The summed E-state index contributed by atoms with van der Waals surface area (Å²) in [4.78, 5) is 5.64. The average Bonchev–Trinajstić information content (AvgIpc) is 2.12. The highest BCUT2D eigenvalue weighted by atomic mass is 15.3. The maximum Gasteiger partial charge on any atom is 0.215 e. The topological polar surface area (TPSA) is 91.5 Å². The fourth-order valence-corrected chi connectivity index (χ4v) is 1.08. The first-order valence-electron chi connectivity index (χ1n) is 4.94. The van der Waals surface area contributed by atoms with Crippen molar-refractivity contribution in [3.8, 4) is 0 Å². The van der Waals surface area contributed by atoms with Crippen molar-refractivity contribution in [3.05, 3.63) is 0 Å². The summed E-state index contributed by atoms with van der Waals surface area (Å²) >= 11 is 0. The predicted molar refractivity (Wildman–Crippen MR) is 60.2 cm³/mol. The van der Waals surface area contributed by atoms with Gasteiger partial charge in [-0.15, -0.1) is 0 Å². The van der Waals surface area contributed by atoms with E-state index in [4.69, 9.17) is 16.9 Å². The molecule has 0 heterocycles. The molecular weight excluding hydrogens is 178 g/mol. The van der Waals surface area contributed by atoms with Crippen molar-refractivity contribution >= 4 is 11.9 Å². The highest BCUT2D eigenvalue weighted by Gasteiger charge is 2.09. The Bertz CT molecular complexity index is 211. The molecular formula is C9H21N5. The summed E-state index contributed by atoms with van der Waals surface area (Å²) in [5.41, 5.74) is 10.8. The van der Waals surface area contributed by atoms with Crippen LogP contribution in [0.3, 0.4) is 0 Å². The van der Waals surface area contributed by atoms with Crippen molar-refractivity contribution < 1.29 is 0 Å². The highest BCUT2D eigenvalue weighted by molar-refractivity contribution is 5.91. The lowest BCUT2D eigenvalue weighted by Crippen LogP contribution is -2.40. The number of nitrogens with zero attached hydrogens (tertiary/aromatic N) is 2. The second-order valence-electron chi connectivity index (χ2n) is 3.41. The van der Waals surface area contributed by atoms with E-state index in [1.807, 2.05) is 11.8 Å². The molecule has 0 bridgehead atoms. The van der Waals surface area contributed by atoms with E-state index < -0.39 is 0 Å². The molecule has 1 unspecified atom stereocenters. The zero-order valence-corrected chi connectivity index (χ0v) is 9.25. The van der Waals surface area contributed by atoms with Crippen molar-refractivity contribution in [2.75, 3.05) is 13.1 Å². The summed E-state index contributed by atoms with van der Waals surface area (Å²) in [6, 6.07) is 0. The Labute approximate surface area is 85.7 Å². The van der Waals surface area contributed by atoms with Gasteiger partial charge < -0.3 is 16.4 Å². The Balaban J connectivity index is 4.33. The number of nitrogens with two attached hydrogens (primary N) is 2. The van der Waals surface area contributed by atoms with Gasteiger partial charge in [0.15, 0.2) is 5.96 Å². The van der Waals surface area contributed by atoms with Crippen molar-refractivity contribution in [2.45, 2.75) is 27.2 Å². The van der Waals surface area contributed by atoms with Crippen LogP contribution in [-0.4, -0.2) is 29.9 Å². The Hall–Kier alpha value is -1.26. The van der Waals surface area contributed by atoms with Gasteiger partial charge in [-0.25, -0.2) is 0 Å². The van der Waals surface area contributed by atoms with E-state index in [0.29, 0.717) is 11.9 Å². The molecule has 0 aliphatic heterocycles. The van der Waals surface area contributed by atoms with Crippen LogP contribution in [0.4, 0.5) is 0 Å². The van der Waals surface area contributed by atoms with E-state index >= 15 is 0 Å². The zero-order chi connectivity index (χ0) is 11.1. The Morgan fingerprint density at radius 3 is 2.36 bits per heavy atom. The molecule has 5 N–H and O–H groups in total. The highest BCUT2D eigenvalue weighted by Crippen LogP contribution is 2.03. The van der Waals surface area contributed by atoms with Crippen LogP contribution in [0.5, 0.6) is 0 Å². The second kappa shape index (κ2) is 6.23. The minimum absolute atomic E-state index is 0.245. The molecule has 0 saturated carbocycles. The molecule has 82 valence electrons. The molecule has 5 nitrogen and oxygen atoms in total. The van der Waals surface area contributed by atoms with Gasteiger partial charge >= 0.3 is 0 Å². The van der Waals surface area contributed by atoms with Crippen LogP contribution >= 0.6 is 0 Å². The third kappa shape index (κ3) is 4.69. The largest absolute Gasteiger partial charge is 0.369 e. The number of hydrogen-bond acceptors (Lipinski definition) is 1. The normalized spacial score (nSPS) is 13.8. The molecule has 0 aliphatic carbocycles. The van der Waals surface area contributed by atoms with Crippen LogP contribution in [0.1, 0.15) is 27.2 Å². The fraction of sp³-hybridized carbons (Fsp3) is 0.778. The van der Waals surface area contributed by atoms with Gasteiger partial charge in [-0.2, -0.15) is 4.99 Å². The van der Waals surface area contributed by atoms with Gasteiger partial charge in [0, 0.05) is 13.1 Å². The van der Waals surface area contributed by atoms with Gasteiger partial charge in [-0.1, -0.05) is 20.3 Å². The number of nitrogens with one attached hydrogen (secondary N) is 1. The van der Waals surface area contributed by atoms with Crippen molar-refractivity contribution in [1.29, 1.82) is 5.41 Å². The first-order chi connectivity index (χ1) is 6.51. The molecule has 0 aromatic heterocycles. The lowest BCUT2D eigenvalue weighted by molar-refractivity contribution is 0.356. The van der Waals surface area contributed by atoms with E-state index in [9.17, 15) is 0 Å². The molecule has 0 aromatic rings. The van der Waals surface area contributed by atoms with Gasteiger partial charge in [0.1, 0.15) is 0 Å². The number of hydrogen-bond donors (Lipinski definition) is 3. The van der Waals surface area contributed by atoms with E-state index in [0.717, 1.165) is 19.5 Å². The predicted octanol–water partition coefficient (Wildman–Crippen LogP) is 0.563. The molecule has 1 atom stereocenters. The van der Waals surface area contributed by atoms with Gasteiger partial charge in [0.25, 0.3) is 0 Å². The van der Waals surface area contributed by atoms with Gasteiger partial charge in [0.05, 0.1) is 0 Å². The summed E-state index contributed by atoms with van der Waals surface area (Å²) < 4.78 is 0. The minimum Gasteiger partial charge on any atom is -0.369 e. The quantitative estimate of drug-likeness (QED) is 0.456. The van der Waals surface area contributed by atoms with E-state index in [2.05, 4.69) is 18.8 Å². The third-order valence-corrected chi connectivity index (χ3v) is 2.17. The summed E-state index contributed by atoms with van der Waals surface area (Å²) in [6.45, 7) is 7.94. The molecule has 0 radical (unpaired) electrons. The monoisotopic (exact) mass is 199 g/mol. The maximum absolute atomic E-state index is 7.00. The minimum atomic E-state index is -0.245. The number of guanidine groups is 2. The van der Waals surface area contributed by atoms with Gasteiger partial charge in [-0.3, -0.25) is 5.41 Å². The van der Waals surface area contributed by atoms with Crippen molar-refractivity contribution in [1.82, 2.24) is 4.90 Å². The summed E-state index contributed by atoms with van der Waals surface area (Å²) in [5, 5.41) is 7.00. The molecule has 0 amide bonds. The molecule has 0 rings (SSSR count). The molecule has 0 aromatic carbocycles. The summed E-state index contributed by atoms with van der Waals surface area (Å²) in [5.74, 6) is 0.654. The van der Waals surface area contributed by atoms with E-state index in [-0.39, 0.29) is 5.96 Å². The fourth-order valence-electron chi connectivity index (χ4n) is 1.08. The van der Waals surface area contributed by atoms with Gasteiger partial charge in [0.2, 0.25) is 5.96 Å². The van der Waals surface area contributed by atoms with Crippen LogP contribution < -0.4 is 11.5 Å². The van der Waals surface area contributed by atoms with Crippen LogP contribution in [0, 0.1) is 11.3 Å². The second-order valence-corrected chi connectivity index (χ2v) is 3.41. The van der Waals surface area contributed by atoms with Crippen LogP contribution in [-0.2, 0) is 0 Å². The van der Waals surface area contributed by atoms with Crippen LogP contribution in [0.2, 0.25) is 0 Å². The van der Waals surface area contributed by atoms with E-state index in [1.165, 1.54) is 0 Å². The molecule has 0 fully saturated rings. The van der Waals surface area contributed by atoms with Crippen molar-refractivity contribution in [3.63, 3.8) is 0 Å². The number of aliphatic imine (C=N–C) groups is 1. The lowest BCUT2D eigenvalue weighted by Gasteiger charge is -2.24. The van der Waals surface area contributed by atoms with Crippen LogP contribution in [0.15, 0.2) is 4.99 Å². The number of rotatable bonds is 4. The van der Waals surface area contributed by atoms with E-state index in [1.54, 1.807) is 0 Å². The maximum atomic E-state index is 7.00. The molecule has 0 aliphatic rings. The SMILES string of the molecule is CCC(C)CN(CC)/C(N)=N/C(=N)N. The Morgan fingerprint density at radius 1 is 1.43 bits per heavy atom. The Morgan fingerprint density at radius 2 is 2.00 bits per heavy atom. The summed E-state index contributed by atoms with van der Waals surface area (Å²) in [7, 11) is 0. The first kappa shape index (κ1) is 12.7. The Kier molecular flexibility index (Phi) is 5.67.